The summed E-state index contributed by atoms with van der Waals surface area (Å²) in [6.07, 6.45) is 2.21. The van der Waals surface area contributed by atoms with Gasteiger partial charge in [0.05, 0.1) is 0 Å². The Labute approximate surface area is 115 Å². The second-order valence-electron chi connectivity index (χ2n) is 5.45. The molecular weight excluding hydrogens is 234 g/mol. The Morgan fingerprint density at radius 2 is 2.11 bits per heavy atom. The van der Waals surface area contributed by atoms with Crippen molar-refractivity contribution in [1.29, 1.82) is 0 Å². The molecule has 0 saturated carbocycles. The molecule has 2 heterocycles. The van der Waals surface area contributed by atoms with Crippen LogP contribution in [0.15, 0.2) is 24.3 Å². The second-order valence-corrected chi connectivity index (χ2v) is 5.45. The summed E-state index contributed by atoms with van der Waals surface area (Å²) in [5.74, 6) is 0. The highest BCUT2D eigenvalue weighted by molar-refractivity contribution is 5.82. The Morgan fingerprint density at radius 3 is 2.89 bits per heavy atom. The molecule has 2 N–H and O–H groups in total. The van der Waals surface area contributed by atoms with E-state index in [4.69, 9.17) is 5.73 Å². The maximum absolute atomic E-state index is 5.60. The third-order valence-corrected chi connectivity index (χ3v) is 4.16. The summed E-state index contributed by atoms with van der Waals surface area (Å²) in [5.41, 5.74) is 9.87. The Kier molecular flexibility index (Phi) is 3.58. The van der Waals surface area contributed by atoms with Crippen molar-refractivity contribution in [3.8, 4) is 0 Å². The highest BCUT2D eigenvalue weighted by Gasteiger charge is 2.17. The molecular formula is C16H23N3. The zero-order valence-corrected chi connectivity index (χ0v) is 11.7. The SMILES string of the molecule is CCc1ccc2c(c1)cc1n2CCN(CCCN)C1. The normalized spacial score (nSPS) is 15.9. The number of hydrogen-bond acceptors (Lipinski definition) is 2. The predicted octanol–water partition coefficient (Wildman–Crippen LogP) is 2.37. The summed E-state index contributed by atoms with van der Waals surface area (Å²) >= 11 is 0. The zero-order chi connectivity index (χ0) is 13.2. The van der Waals surface area contributed by atoms with Gasteiger partial charge in [0.15, 0.2) is 0 Å². The molecule has 0 bridgehead atoms. The van der Waals surface area contributed by atoms with Crippen LogP contribution in [0.2, 0.25) is 0 Å². The molecule has 3 nitrogen and oxygen atoms in total. The minimum Gasteiger partial charge on any atom is -0.342 e. The van der Waals surface area contributed by atoms with Crippen molar-refractivity contribution in [2.24, 2.45) is 5.73 Å². The summed E-state index contributed by atoms with van der Waals surface area (Å²) in [5, 5.41) is 1.40. The van der Waals surface area contributed by atoms with Crippen molar-refractivity contribution in [3.63, 3.8) is 0 Å². The summed E-state index contributed by atoms with van der Waals surface area (Å²) < 4.78 is 2.48. The number of benzene rings is 1. The van der Waals surface area contributed by atoms with Gasteiger partial charge in [0.2, 0.25) is 0 Å². The van der Waals surface area contributed by atoms with Crippen molar-refractivity contribution < 1.29 is 0 Å². The number of nitrogens with zero attached hydrogens (tertiary/aromatic N) is 2. The first kappa shape index (κ1) is 12.7. The van der Waals surface area contributed by atoms with E-state index in [0.717, 1.165) is 45.6 Å². The highest BCUT2D eigenvalue weighted by atomic mass is 15.2. The lowest BCUT2D eigenvalue weighted by Gasteiger charge is -2.28. The first-order valence-electron chi connectivity index (χ1n) is 7.35. The van der Waals surface area contributed by atoms with Crippen LogP contribution in [-0.4, -0.2) is 29.1 Å². The van der Waals surface area contributed by atoms with E-state index in [1.165, 1.54) is 22.2 Å². The van der Waals surface area contributed by atoms with Gasteiger partial charge in [0, 0.05) is 36.2 Å². The smallest absolute Gasteiger partial charge is 0.0483 e. The van der Waals surface area contributed by atoms with Crippen LogP contribution in [0.1, 0.15) is 24.6 Å². The van der Waals surface area contributed by atoms with Gasteiger partial charge in [-0.05, 0) is 49.7 Å². The molecule has 19 heavy (non-hydrogen) atoms. The van der Waals surface area contributed by atoms with E-state index in [1.807, 2.05) is 0 Å². The summed E-state index contributed by atoms with van der Waals surface area (Å²) in [4.78, 5) is 2.52. The van der Waals surface area contributed by atoms with Gasteiger partial charge < -0.3 is 10.3 Å². The van der Waals surface area contributed by atoms with Gasteiger partial charge in [0.25, 0.3) is 0 Å². The fourth-order valence-corrected chi connectivity index (χ4v) is 3.05. The number of rotatable bonds is 4. The number of aryl methyl sites for hydroxylation is 1. The first-order chi connectivity index (χ1) is 9.31. The molecule has 0 atom stereocenters. The van der Waals surface area contributed by atoms with E-state index in [0.29, 0.717) is 0 Å². The van der Waals surface area contributed by atoms with E-state index in [1.54, 1.807) is 0 Å². The van der Waals surface area contributed by atoms with Gasteiger partial charge in [-0.15, -0.1) is 0 Å². The van der Waals surface area contributed by atoms with E-state index in [9.17, 15) is 0 Å². The molecule has 3 heteroatoms. The Morgan fingerprint density at radius 1 is 1.21 bits per heavy atom. The van der Waals surface area contributed by atoms with Gasteiger partial charge >= 0.3 is 0 Å². The number of fused-ring (bicyclic) bond motifs is 3. The Balaban J connectivity index is 1.89. The first-order valence-corrected chi connectivity index (χ1v) is 7.35. The highest BCUT2D eigenvalue weighted by Crippen LogP contribution is 2.25. The molecule has 1 aromatic heterocycles. The quantitative estimate of drug-likeness (QED) is 0.912. The predicted molar refractivity (Wildman–Crippen MR) is 80.3 cm³/mol. The van der Waals surface area contributed by atoms with Crippen LogP contribution in [0.25, 0.3) is 10.9 Å². The molecule has 0 unspecified atom stereocenters. The standard InChI is InChI=1S/C16H23N3/c1-2-13-4-5-16-14(10-13)11-15-12-18(7-3-6-17)8-9-19(15)16/h4-5,10-11H,2-3,6-9,12,17H2,1H3. The van der Waals surface area contributed by atoms with Gasteiger partial charge in [0.1, 0.15) is 0 Å². The number of hydrogen-bond donors (Lipinski definition) is 1. The second kappa shape index (κ2) is 5.35. The zero-order valence-electron chi connectivity index (χ0n) is 11.7. The van der Waals surface area contributed by atoms with E-state index in [2.05, 4.69) is 40.7 Å². The maximum atomic E-state index is 5.60. The van der Waals surface area contributed by atoms with Crippen LogP contribution >= 0.6 is 0 Å². The average Bonchev–Trinajstić information content (AvgIpc) is 2.81. The third-order valence-electron chi connectivity index (χ3n) is 4.16. The van der Waals surface area contributed by atoms with Crippen LogP contribution in [0, 0.1) is 0 Å². The molecule has 1 aliphatic rings. The topological polar surface area (TPSA) is 34.2 Å². The molecule has 0 aliphatic carbocycles. The fourth-order valence-electron chi connectivity index (χ4n) is 3.05. The molecule has 102 valence electrons. The van der Waals surface area contributed by atoms with Crippen molar-refractivity contribution in [2.75, 3.05) is 19.6 Å². The van der Waals surface area contributed by atoms with Crippen LogP contribution in [-0.2, 0) is 19.5 Å². The molecule has 0 radical (unpaired) electrons. The number of nitrogens with two attached hydrogens (primary N) is 1. The fraction of sp³-hybridized carbons (Fsp3) is 0.500. The monoisotopic (exact) mass is 257 g/mol. The molecule has 1 aliphatic heterocycles. The molecule has 0 saturated heterocycles. The Hall–Kier alpha value is -1.32. The molecule has 3 rings (SSSR count). The van der Waals surface area contributed by atoms with Gasteiger partial charge in [-0.3, -0.25) is 4.90 Å². The number of aromatic nitrogens is 1. The molecule has 2 aromatic rings. The largest absolute Gasteiger partial charge is 0.342 e. The molecule has 0 fully saturated rings. The van der Waals surface area contributed by atoms with Crippen LogP contribution < -0.4 is 5.73 Å². The van der Waals surface area contributed by atoms with E-state index < -0.39 is 0 Å². The minimum atomic E-state index is 0.791. The van der Waals surface area contributed by atoms with Gasteiger partial charge in [-0.25, -0.2) is 0 Å². The molecule has 0 spiro atoms. The van der Waals surface area contributed by atoms with Crippen LogP contribution in [0.5, 0.6) is 0 Å². The van der Waals surface area contributed by atoms with E-state index >= 15 is 0 Å². The summed E-state index contributed by atoms with van der Waals surface area (Å²) in [6.45, 7) is 7.45. The lowest BCUT2D eigenvalue weighted by Crippen LogP contribution is -2.34. The van der Waals surface area contributed by atoms with Crippen LogP contribution in [0.4, 0.5) is 0 Å². The minimum absolute atomic E-state index is 0.791. The molecule has 1 aromatic carbocycles. The van der Waals surface area contributed by atoms with Gasteiger partial charge in [-0.1, -0.05) is 13.0 Å². The summed E-state index contributed by atoms with van der Waals surface area (Å²) in [6, 6.07) is 9.25. The molecule has 0 amide bonds. The van der Waals surface area contributed by atoms with Crippen molar-refractivity contribution in [2.45, 2.75) is 32.9 Å². The van der Waals surface area contributed by atoms with Crippen molar-refractivity contribution >= 4 is 10.9 Å². The van der Waals surface area contributed by atoms with Crippen molar-refractivity contribution in [1.82, 2.24) is 9.47 Å². The lowest BCUT2D eigenvalue weighted by atomic mass is 10.1. The van der Waals surface area contributed by atoms with E-state index in [-0.39, 0.29) is 0 Å². The maximum Gasteiger partial charge on any atom is 0.0483 e. The van der Waals surface area contributed by atoms with Crippen LogP contribution in [0.3, 0.4) is 0 Å². The van der Waals surface area contributed by atoms with Gasteiger partial charge in [-0.2, -0.15) is 0 Å². The van der Waals surface area contributed by atoms with Crippen molar-refractivity contribution in [3.05, 3.63) is 35.5 Å². The summed E-state index contributed by atoms with van der Waals surface area (Å²) in [7, 11) is 0. The third kappa shape index (κ3) is 2.40. The lowest BCUT2D eigenvalue weighted by molar-refractivity contribution is 0.222. The average molecular weight is 257 g/mol. The Bertz CT molecular complexity index is 571.